The van der Waals surface area contributed by atoms with Crippen LogP contribution in [0.1, 0.15) is 40.5 Å². The van der Waals surface area contributed by atoms with Crippen molar-refractivity contribution in [3.63, 3.8) is 0 Å². The third-order valence-corrected chi connectivity index (χ3v) is 3.66. The first-order chi connectivity index (χ1) is 8.37. The summed E-state index contributed by atoms with van der Waals surface area (Å²) in [6.07, 6.45) is 1.35. The molecule has 104 valence electrons. The number of nitrogens with zero attached hydrogens (tertiary/aromatic N) is 2. The molecule has 0 saturated heterocycles. The van der Waals surface area contributed by atoms with Crippen LogP contribution in [0, 0.1) is 17.3 Å². The van der Waals surface area contributed by atoms with Crippen molar-refractivity contribution in [2.45, 2.75) is 40.5 Å². The SMILES string of the molecule is CCN(CC(C)C)C(=O)C1(C(N)=NO)CC(C)C1. The van der Waals surface area contributed by atoms with Gasteiger partial charge in [0.1, 0.15) is 5.41 Å². The number of amides is 1. The van der Waals surface area contributed by atoms with E-state index in [1.807, 2.05) is 11.8 Å². The fourth-order valence-electron chi connectivity index (χ4n) is 2.82. The van der Waals surface area contributed by atoms with Crippen LogP contribution in [-0.4, -0.2) is 34.9 Å². The van der Waals surface area contributed by atoms with Gasteiger partial charge < -0.3 is 15.8 Å². The van der Waals surface area contributed by atoms with E-state index in [1.165, 1.54) is 0 Å². The van der Waals surface area contributed by atoms with Gasteiger partial charge in [-0.15, -0.1) is 0 Å². The van der Waals surface area contributed by atoms with Gasteiger partial charge in [-0.25, -0.2) is 0 Å². The fraction of sp³-hybridized carbons (Fsp3) is 0.846. The van der Waals surface area contributed by atoms with Gasteiger partial charge in [-0.2, -0.15) is 0 Å². The molecule has 1 aliphatic carbocycles. The van der Waals surface area contributed by atoms with Crippen LogP contribution < -0.4 is 5.73 Å². The molecule has 3 N–H and O–H groups in total. The standard InChI is InChI=1S/C13H25N3O2/c1-5-16(8-9(2)3)12(17)13(11(14)15-18)6-10(4)7-13/h9-10,18H,5-8H2,1-4H3,(H2,14,15). The number of hydrogen-bond donors (Lipinski definition) is 2. The molecule has 0 aromatic carbocycles. The van der Waals surface area contributed by atoms with Crippen molar-refractivity contribution in [3.8, 4) is 0 Å². The molecule has 1 aliphatic rings. The van der Waals surface area contributed by atoms with Gasteiger partial charge in [-0.3, -0.25) is 4.79 Å². The summed E-state index contributed by atoms with van der Waals surface area (Å²) in [5, 5.41) is 12.0. The number of carbonyl (C=O) groups excluding carboxylic acids is 1. The van der Waals surface area contributed by atoms with Crippen LogP contribution in [-0.2, 0) is 4.79 Å². The number of amidine groups is 1. The highest BCUT2D eigenvalue weighted by atomic mass is 16.4. The minimum Gasteiger partial charge on any atom is -0.409 e. The van der Waals surface area contributed by atoms with Crippen molar-refractivity contribution < 1.29 is 10.0 Å². The second kappa shape index (κ2) is 5.59. The van der Waals surface area contributed by atoms with Crippen molar-refractivity contribution in [3.05, 3.63) is 0 Å². The van der Waals surface area contributed by atoms with E-state index in [0.29, 0.717) is 37.8 Å². The molecule has 0 bridgehead atoms. The predicted molar refractivity (Wildman–Crippen MR) is 71.3 cm³/mol. The lowest BCUT2D eigenvalue weighted by Crippen LogP contribution is -2.58. The maximum Gasteiger partial charge on any atom is 0.236 e. The van der Waals surface area contributed by atoms with Gasteiger partial charge in [0.2, 0.25) is 5.91 Å². The highest BCUT2D eigenvalue weighted by Gasteiger charge is 2.53. The Bertz CT molecular complexity index is 333. The van der Waals surface area contributed by atoms with Gasteiger partial charge in [-0.05, 0) is 31.6 Å². The van der Waals surface area contributed by atoms with Gasteiger partial charge in [-0.1, -0.05) is 25.9 Å². The van der Waals surface area contributed by atoms with E-state index in [-0.39, 0.29) is 11.7 Å². The molecule has 0 aromatic heterocycles. The van der Waals surface area contributed by atoms with E-state index < -0.39 is 5.41 Å². The summed E-state index contributed by atoms with van der Waals surface area (Å²) in [6.45, 7) is 9.57. The molecule has 0 spiro atoms. The van der Waals surface area contributed by atoms with Crippen molar-refractivity contribution >= 4 is 11.7 Å². The maximum absolute atomic E-state index is 12.6. The Morgan fingerprint density at radius 2 is 2.11 bits per heavy atom. The third kappa shape index (κ3) is 2.60. The molecule has 18 heavy (non-hydrogen) atoms. The molecular weight excluding hydrogens is 230 g/mol. The molecule has 0 aromatic rings. The summed E-state index contributed by atoms with van der Waals surface area (Å²) >= 11 is 0. The van der Waals surface area contributed by atoms with Crippen molar-refractivity contribution in [2.24, 2.45) is 28.1 Å². The van der Waals surface area contributed by atoms with Crippen LogP contribution in [0.25, 0.3) is 0 Å². The number of oxime groups is 1. The van der Waals surface area contributed by atoms with Crippen LogP contribution in [0.15, 0.2) is 5.16 Å². The predicted octanol–water partition coefficient (Wildman–Crippen LogP) is 1.65. The number of carbonyl (C=O) groups is 1. The van der Waals surface area contributed by atoms with Crippen LogP contribution in [0.4, 0.5) is 0 Å². The quantitative estimate of drug-likeness (QED) is 0.339. The van der Waals surface area contributed by atoms with E-state index in [9.17, 15) is 4.79 Å². The summed E-state index contributed by atoms with van der Waals surface area (Å²) in [7, 11) is 0. The van der Waals surface area contributed by atoms with Crippen LogP contribution in [0.5, 0.6) is 0 Å². The lowest BCUT2D eigenvalue weighted by Gasteiger charge is -2.46. The van der Waals surface area contributed by atoms with E-state index in [2.05, 4.69) is 25.9 Å². The fourth-order valence-corrected chi connectivity index (χ4v) is 2.82. The molecule has 0 heterocycles. The Labute approximate surface area is 109 Å². The molecule has 1 rings (SSSR count). The Morgan fingerprint density at radius 3 is 2.44 bits per heavy atom. The Hall–Kier alpha value is -1.26. The lowest BCUT2D eigenvalue weighted by molar-refractivity contribution is -0.144. The zero-order valence-electron chi connectivity index (χ0n) is 11.8. The lowest BCUT2D eigenvalue weighted by atomic mass is 9.61. The molecule has 0 aliphatic heterocycles. The van der Waals surface area contributed by atoms with E-state index in [4.69, 9.17) is 10.9 Å². The maximum atomic E-state index is 12.6. The molecule has 1 amide bonds. The van der Waals surface area contributed by atoms with Crippen LogP contribution in [0.3, 0.4) is 0 Å². The minimum atomic E-state index is -0.765. The monoisotopic (exact) mass is 255 g/mol. The zero-order valence-corrected chi connectivity index (χ0v) is 11.8. The van der Waals surface area contributed by atoms with Gasteiger partial charge >= 0.3 is 0 Å². The van der Waals surface area contributed by atoms with E-state index in [1.54, 1.807) is 0 Å². The zero-order chi connectivity index (χ0) is 13.9. The average Bonchev–Trinajstić information content (AvgIpc) is 2.29. The second-order valence-electron chi connectivity index (χ2n) is 5.82. The van der Waals surface area contributed by atoms with Crippen molar-refractivity contribution in [2.75, 3.05) is 13.1 Å². The summed E-state index contributed by atoms with van der Waals surface area (Å²) in [4.78, 5) is 14.4. The summed E-state index contributed by atoms with van der Waals surface area (Å²) in [5.41, 5.74) is 4.99. The molecule has 1 fully saturated rings. The normalized spacial score (nSPS) is 28.1. The smallest absolute Gasteiger partial charge is 0.236 e. The molecule has 0 atom stereocenters. The Morgan fingerprint density at radius 1 is 1.56 bits per heavy atom. The highest BCUT2D eigenvalue weighted by Crippen LogP contribution is 2.47. The van der Waals surface area contributed by atoms with Gasteiger partial charge in [0, 0.05) is 13.1 Å². The molecule has 5 nitrogen and oxygen atoms in total. The van der Waals surface area contributed by atoms with E-state index >= 15 is 0 Å². The topological polar surface area (TPSA) is 78.9 Å². The largest absolute Gasteiger partial charge is 0.409 e. The first-order valence-corrected chi connectivity index (χ1v) is 6.64. The molecule has 0 radical (unpaired) electrons. The van der Waals surface area contributed by atoms with Crippen molar-refractivity contribution in [1.29, 1.82) is 0 Å². The van der Waals surface area contributed by atoms with Crippen LogP contribution in [0.2, 0.25) is 0 Å². The summed E-state index contributed by atoms with van der Waals surface area (Å²) < 4.78 is 0. The van der Waals surface area contributed by atoms with E-state index in [0.717, 1.165) is 0 Å². The number of rotatable bonds is 5. The summed E-state index contributed by atoms with van der Waals surface area (Å²) in [5.74, 6) is 0.933. The third-order valence-electron chi connectivity index (χ3n) is 3.66. The van der Waals surface area contributed by atoms with Gasteiger partial charge in [0.05, 0.1) is 0 Å². The summed E-state index contributed by atoms with van der Waals surface area (Å²) in [6, 6.07) is 0. The Kier molecular flexibility index (Phi) is 4.59. The molecule has 5 heteroatoms. The highest BCUT2D eigenvalue weighted by molar-refractivity contribution is 6.07. The molecule has 0 unspecified atom stereocenters. The second-order valence-corrected chi connectivity index (χ2v) is 5.82. The Balaban J connectivity index is 2.90. The van der Waals surface area contributed by atoms with Crippen LogP contribution >= 0.6 is 0 Å². The molecule has 1 saturated carbocycles. The number of nitrogens with two attached hydrogens (primary N) is 1. The average molecular weight is 255 g/mol. The first kappa shape index (κ1) is 14.8. The number of hydrogen-bond acceptors (Lipinski definition) is 3. The van der Waals surface area contributed by atoms with Crippen molar-refractivity contribution in [1.82, 2.24) is 4.90 Å². The first-order valence-electron chi connectivity index (χ1n) is 6.64. The minimum absolute atomic E-state index is 0.00657. The van der Waals surface area contributed by atoms with Gasteiger partial charge in [0.25, 0.3) is 0 Å². The van der Waals surface area contributed by atoms with Gasteiger partial charge in [0.15, 0.2) is 5.84 Å². The molecular formula is C13H25N3O2.